The van der Waals surface area contributed by atoms with E-state index in [1.54, 1.807) is 25.1 Å². The van der Waals surface area contributed by atoms with E-state index >= 15 is 0 Å². The fourth-order valence-corrected chi connectivity index (χ4v) is 2.44. The van der Waals surface area contributed by atoms with Gasteiger partial charge in [0.1, 0.15) is 5.82 Å². The lowest BCUT2D eigenvalue weighted by atomic mass is 10.1. The van der Waals surface area contributed by atoms with Gasteiger partial charge in [-0.15, -0.1) is 10.2 Å². The minimum atomic E-state index is -0.362. The van der Waals surface area contributed by atoms with Crippen LogP contribution < -0.4 is 5.73 Å². The number of nitrogens with zero attached hydrogens (tertiary/aromatic N) is 4. The van der Waals surface area contributed by atoms with E-state index in [4.69, 9.17) is 5.73 Å². The molecule has 2 aromatic rings. The summed E-state index contributed by atoms with van der Waals surface area (Å²) in [5, 5.41) is 19.5. The van der Waals surface area contributed by atoms with Gasteiger partial charge in [0.15, 0.2) is 5.82 Å². The van der Waals surface area contributed by atoms with Gasteiger partial charge in [0.2, 0.25) is 0 Å². The highest BCUT2D eigenvalue weighted by Gasteiger charge is 2.32. The Hall–Kier alpha value is -2.28. The van der Waals surface area contributed by atoms with Gasteiger partial charge in [-0.3, -0.25) is 10.1 Å². The third kappa shape index (κ3) is 1.96. The van der Waals surface area contributed by atoms with Gasteiger partial charge in [-0.1, -0.05) is 12.1 Å². The molecular weight excluding hydrogens is 258 g/mol. The van der Waals surface area contributed by atoms with Crippen LogP contribution in [-0.2, 0) is 6.54 Å². The van der Waals surface area contributed by atoms with Crippen molar-refractivity contribution in [1.82, 2.24) is 14.8 Å². The van der Waals surface area contributed by atoms with E-state index in [9.17, 15) is 10.1 Å². The summed E-state index contributed by atoms with van der Waals surface area (Å²) in [6, 6.07) is 5.56. The van der Waals surface area contributed by atoms with Crippen LogP contribution in [0.2, 0.25) is 0 Å². The lowest BCUT2D eigenvalue weighted by Crippen LogP contribution is -2.09. The number of hydrogen-bond acceptors (Lipinski definition) is 5. The van der Waals surface area contributed by atoms with E-state index in [1.165, 1.54) is 0 Å². The Morgan fingerprint density at radius 1 is 1.45 bits per heavy atom. The zero-order chi connectivity index (χ0) is 14.3. The molecule has 20 heavy (non-hydrogen) atoms. The summed E-state index contributed by atoms with van der Waals surface area (Å²) >= 11 is 0. The standard InChI is InChI=1S/C13H15N5O2/c1-8-3-2-4-10(12(8)18(19)20)13-16-15-11(7-14)17(13)9-5-6-9/h2-4,9H,5-7,14H2,1H3. The summed E-state index contributed by atoms with van der Waals surface area (Å²) in [5.41, 5.74) is 6.89. The summed E-state index contributed by atoms with van der Waals surface area (Å²) < 4.78 is 1.95. The summed E-state index contributed by atoms with van der Waals surface area (Å²) in [5.74, 6) is 1.22. The van der Waals surface area contributed by atoms with Gasteiger partial charge in [0, 0.05) is 11.6 Å². The molecule has 7 heteroatoms. The smallest absolute Gasteiger partial charge is 0.283 e. The first-order chi connectivity index (χ1) is 9.63. The highest BCUT2D eigenvalue weighted by Crippen LogP contribution is 2.41. The highest BCUT2D eigenvalue weighted by atomic mass is 16.6. The number of benzene rings is 1. The predicted molar refractivity (Wildman–Crippen MR) is 73.0 cm³/mol. The molecule has 1 saturated carbocycles. The van der Waals surface area contributed by atoms with Gasteiger partial charge in [0.25, 0.3) is 5.69 Å². The molecule has 0 bridgehead atoms. The van der Waals surface area contributed by atoms with Crippen molar-refractivity contribution in [3.8, 4) is 11.4 Å². The molecule has 0 saturated heterocycles. The molecule has 0 spiro atoms. The molecule has 1 aromatic heterocycles. The SMILES string of the molecule is Cc1cccc(-c2nnc(CN)n2C2CC2)c1[N+](=O)[O-]. The van der Waals surface area contributed by atoms with Gasteiger partial charge < -0.3 is 10.3 Å². The maximum atomic E-state index is 11.3. The van der Waals surface area contributed by atoms with Gasteiger partial charge in [-0.25, -0.2) is 0 Å². The zero-order valence-electron chi connectivity index (χ0n) is 11.1. The van der Waals surface area contributed by atoms with Gasteiger partial charge in [-0.2, -0.15) is 0 Å². The molecule has 1 fully saturated rings. The summed E-state index contributed by atoms with van der Waals surface area (Å²) in [7, 11) is 0. The molecule has 0 aliphatic heterocycles. The van der Waals surface area contributed by atoms with Crippen molar-refractivity contribution in [3.05, 3.63) is 39.7 Å². The molecule has 1 aliphatic rings. The minimum absolute atomic E-state index is 0.0883. The zero-order valence-corrected chi connectivity index (χ0v) is 11.1. The van der Waals surface area contributed by atoms with Crippen LogP contribution in [0.5, 0.6) is 0 Å². The first kappa shape index (κ1) is 12.7. The number of nitro benzene ring substituents is 1. The maximum absolute atomic E-state index is 11.3. The van der Waals surface area contributed by atoms with Gasteiger partial charge >= 0.3 is 0 Å². The first-order valence-electron chi connectivity index (χ1n) is 6.51. The molecule has 1 aliphatic carbocycles. The number of aromatic nitrogens is 3. The minimum Gasteiger partial charge on any atom is -0.324 e. The predicted octanol–water partition coefficient (Wildman–Crippen LogP) is 1.96. The lowest BCUT2D eigenvalue weighted by molar-refractivity contribution is -0.384. The van der Waals surface area contributed by atoms with Crippen LogP contribution in [0, 0.1) is 17.0 Å². The fourth-order valence-electron chi connectivity index (χ4n) is 2.44. The molecular formula is C13H15N5O2. The second kappa shape index (κ2) is 4.68. The number of aryl methyl sites for hydroxylation is 1. The number of para-hydroxylation sites is 1. The van der Waals surface area contributed by atoms with Crippen molar-refractivity contribution in [1.29, 1.82) is 0 Å². The Morgan fingerprint density at radius 3 is 2.80 bits per heavy atom. The van der Waals surface area contributed by atoms with E-state index in [0.29, 0.717) is 28.8 Å². The molecule has 0 radical (unpaired) electrons. The Balaban J connectivity index is 2.21. The van der Waals surface area contributed by atoms with E-state index in [-0.39, 0.29) is 17.2 Å². The second-order valence-corrected chi connectivity index (χ2v) is 4.97. The van der Waals surface area contributed by atoms with Crippen molar-refractivity contribution in [2.75, 3.05) is 0 Å². The maximum Gasteiger partial charge on any atom is 0.283 e. The first-order valence-corrected chi connectivity index (χ1v) is 6.51. The number of hydrogen-bond donors (Lipinski definition) is 1. The molecule has 2 N–H and O–H groups in total. The van der Waals surface area contributed by atoms with E-state index in [0.717, 1.165) is 12.8 Å². The normalized spacial score (nSPS) is 14.5. The number of rotatable bonds is 4. The number of nitro groups is 1. The highest BCUT2D eigenvalue weighted by molar-refractivity contribution is 5.71. The molecule has 0 amide bonds. The summed E-state index contributed by atoms with van der Waals surface area (Å²) in [6.45, 7) is 2.01. The average Bonchev–Trinajstić information content (AvgIpc) is 3.17. The molecule has 1 heterocycles. The van der Waals surface area contributed by atoms with E-state index in [2.05, 4.69) is 10.2 Å². The quantitative estimate of drug-likeness (QED) is 0.678. The van der Waals surface area contributed by atoms with E-state index < -0.39 is 0 Å². The van der Waals surface area contributed by atoms with Crippen molar-refractivity contribution >= 4 is 5.69 Å². The second-order valence-electron chi connectivity index (χ2n) is 4.97. The van der Waals surface area contributed by atoms with E-state index in [1.807, 2.05) is 4.57 Å². The van der Waals surface area contributed by atoms with Crippen molar-refractivity contribution in [3.63, 3.8) is 0 Å². The van der Waals surface area contributed by atoms with Crippen LogP contribution in [0.1, 0.15) is 30.3 Å². The molecule has 7 nitrogen and oxygen atoms in total. The van der Waals surface area contributed by atoms with Crippen LogP contribution >= 0.6 is 0 Å². The Labute approximate surface area is 115 Å². The fraction of sp³-hybridized carbons (Fsp3) is 0.385. The van der Waals surface area contributed by atoms with Gasteiger partial charge in [-0.05, 0) is 25.8 Å². The molecule has 0 unspecified atom stereocenters. The third-order valence-corrected chi connectivity index (χ3v) is 3.52. The van der Waals surface area contributed by atoms with Crippen molar-refractivity contribution in [2.24, 2.45) is 5.73 Å². The Bertz CT molecular complexity index is 675. The summed E-state index contributed by atoms with van der Waals surface area (Å²) in [6.07, 6.45) is 2.08. The van der Waals surface area contributed by atoms with Crippen LogP contribution in [0.25, 0.3) is 11.4 Å². The van der Waals surface area contributed by atoms with Crippen molar-refractivity contribution < 1.29 is 4.92 Å². The molecule has 104 valence electrons. The summed E-state index contributed by atoms with van der Waals surface area (Å²) in [4.78, 5) is 11.0. The van der Waals surface area contributed by atoms with Crippen LogP contribution in [0.4, 0.5) is 5.69 Å². The Kier molecular flexibility index (Phi) is 2.98. The van der Waals surface area contributed by atoms with Crippen LogP contribution in [-0.4, -0.2) is 19.7 Å². The lowest BCUT2D eigenvalue weighted by Gasteiger charge is -2.09. The topological polar surface area (TPSA) is 99.9 Å². The Morgan fingerprint density at radius 2 is 2.20 bits per heavy atom. The van der Waals surface area contributed by atoms with Crippen LogP contribution in [0.15, 0.2) is 18.2 Å². The third-order valence-electron chi connectivity index (χ3n) is 3.52. The monoisotopic (exact) mass is 273 g/mol. The average molecular weight is 273 g/mol. The van der Waals surface area contributed by atoms with Gasteiger partial charge in [0.05, 0.1) is 17.0 Å². The largest absolute Gasteiger partial charge is 0.324 e. The number of nitrogens with two attached hydrogens (primary N) is 1. The molecule has 3 rings (SSSR count). The molecule has 0 atom stereocenters. The van der Waals surface area contributed by atoms with Crippen LogP contribution in [0.3, 0.4) is 0 Å². The molecule has 1 aromatic carbocycles. The van der Waals surface area contributed by atoms with Crippen molar-refractivity contribution in [2.45, 2.75) is 32.4 Å².